The van der Waals surface area contributed by atoms with E-state index >= 15 is 0 Å². The normalized spacial score (nSPS) is 11.3. The maximum absolute atomic E-state index is 12.7. The molecule has 4 nitrogen and oxygen atoms in total. The van der Waals surface area contributed by atoms with Gasteiger partial charge in [-0.3, -0.25) is 9.78 Å². The van der Waals surface area contributed by atoms with Crippen LogP contribution in [0.15, 0.2) is 59.7 Å². The van der Waals surface area contributed by atoms with Crippen molar-refractivity contribution in [2.45, 2.75) is 13.5 Å². The number of fused-ring (bicyclic) bond motifs is 3. The largest absolute Gasteiger partial charge is 0.340 e. The van der Waals surface area contributed by atoms with Gasteiger partial charge in [-0.1, -0.05) is 18.2 Å². The quantitative estimate of drug-likeness (QED) is 0.613. The van der Waals surface area contributed by atoms with Crippen LogP contribution in [0, 0.1) is 0 Å². The molecule has 3 aromatic heterocycles. The molecule has 0 unspecified atom stereocenters. The zero-order valence-corrected chi connectivity index (χ0v) is 12.2. The third kappa shape index (κ3) is 1.77. The first-order valence-corrected chi connectivity index (χ1v) is 7.34. The summed E-state index contributed by atoms with van der Waals surface area (Å²) in [5.41, 5.74) is 3.69. The van der Waals surface area contributed by atoms with Crippen molar-refractivity contribution in [3.63, 3.8) is 0 Å². The fraction of sp³-hybridized carbons (Fsp3) is 0.111. The monoisotopic (exact) mass is 289 g/mol. The van der Waals surface area contributed by atoms with Crippen molar-refractivity contribution in [2.24, 2.45) is 0 Å². The highest BCUT2D eigenvalue weighted by Gasteiger charge is 2.14. The van der Waals surface area contributed by atoms with Crippen LogP contribution in [-0.2, 0) is 6.54 Å². The number of hydrogen-bond donors (Lipinski definition) is 1. The second-order valence-corrected chi connectivity index (χ2v) is 5.27. The maximum atomic E-state index is 12.7. The summed E-state index contributed by atoms with van der Waals surface area (Å²) in [6.45, 7) is 2.89. The number of H-pyrrole nitrogens is 1. The SMILES string of the molecule is CCn1c2ccccc2c2c(=O)cc(-c3cccnc3)[nH]c21. The van der Waals surface area contributed by atoms with E-state index in [0.29, 0.717) is 0 Å². The van der Waals surface area contributed by atoms with Crippen LogP contribution < -0.4 is 5.43 Å². The Hall–Kier alpha value is -2.88. The summed E-state index contributed by atoms with van der Waals surface area (Å²) < 4.78 is 2.14. The van der Waals surface area contributed by atoms with Crippen LogP contribution in [0.3, 0.4) is 0 Å². The van der Waals surface area contributed by atoms with E-state index in [9.17, 15) is 4.79 Å². The number of nitrogens with one attached hydrogen (secondary N) is 1. The lowest BCUT2D eigenvalue weighted by Gasteiger charge is -2.05. The molecule has 4 aromatic rings. The highest BCUT2D eigenvalue weighted by Crippen LogP contribution is 2.27. The molecule has 22 heavy (non-hydrogen) atoms. The van der Waals surface area contributed by atoms with Crippen LogP contribution >= 0.6 is 0 Å². The van der Waals surface area contributed by atoms with Crippen LogP contribution in [0.5, 0.6) is 0 Å². The average molecular weight is 289 g/mol. The molecular weight excluding hydrogens is 274 g/mol. The summed E-state index contributed by atoms with van der Waals surface area (Å²) in [5.74, 6) is 0. The number of hydrogen-bond acceptors (Lipinski definition) is 2. The predicted octanol–water partition coefficient (Wildman–Crippen LogP) is 3.56. The molecule has 108 valence electrons. The van der Waals surface area contributed by atoms with E-state index < -0.39 is 0 Å². The molecular formula is C18H15N3O. The molecule has 0 amide bonds. The van der Waals surface area contributed by atoms with Crippen LogP contribution in [0.1, 0.15) is 6.92 Å². The van der Waals surface area contributed by atoms with E-state index in [-0.39, 0.29) is 5.43 Å². The Kier molecular flexibility index (Phi) is 2.82. The minimum absolute atomic E-state index is 0.0380. The molecule has 1 aromatic carbocycles. The van der Waals surface area contributed by atoms with Crippen molar-refractivity contribution in [1.29, 1.82) is 0 Å². The van der Waals surface area contributed by atoms with Crippen molar-refractivity contribution < 1.29 is 0 Å². The predicted molar refractivity (Wildman–Crippen MR) is 89.0 cm³/mol. The molecule has 4 rings (SSSR count). The molecule has 0 bridgehead atoms. The molecule has 0 radical (unpaired) electrons. The van der Waals surface area contributed by atoms with Crippen LogP contribution in [0.2, 0.25) is 0 Å². The van der Waals surface area contributed by atoms with E-state index in [1.165, 1.54) is 0 Å². The zero-order chi connectivity index (χ0) is 15.1. The van der Waals surface area contributed by atoms with E-state index in [1.54, 1.807) is 18.5 Å². The van der Waals surface area contributed by atoms with E-state index in [1.807, 2.05) is 30.3 Å². The second kappa shape index (κ2) is 4.84. The van der Waals surface area contributed by atoms with Crippen molar-refractivity contribution in [3.8, 4) is 11.3 Å². The minimum atomic E-state index is 0.0380. The molecule has 0 saturated heterocycles. The first-order chi connectivity index (χ1) is 10.8. The van der Waals surface area contributed by atoms with E-state index in [0.717, 1.165) is 39.7 Å². The topological polar surface area (TPSA) is 50.7 Å². The lowest BCUT2D eigenvalue weighted by atomic mass is 10.1. The molecule has 0 spiro atoms. The molecule has 0 atom stereocenters. The highest BCUT2D eigenvalue weighted by atomic mass is 16.1. The Morgan fingerprint density at radius 2 is 2.05 bits per heavy atom. The molecule has 4 heteroatoms. The van der Waals surface area contributed by atoms with Gasteiger partial charge in [0, 0.05) is 36.0 Å². The summed E-state index contributed by atoms with van der Waals surface area (Å²) in [4.78, 5) is 20.2. The molecule has 1 N–H and O–H groups in total. The molecule has 0 fully saturated rings. The van der Waals surface area contributed by atoms with Crippen LogP contribution in [-0.4, -0.2) is 14.5 Å². The number of aromatic nitrogens is 3. The summed E-state index contributed by atoms with van der Waals surface area (Å²) in [7, 11) is 0. The minimum Gasteiger partial charge on any atom is -0.340 e. The Morgan fingerprint density at radius 1 is 1.18 bits per heavy atom. The first-order valence-electron chi connectivity index (χ1n) is 7.34. The van der Waals surface area contributed by atoms with Gasteiger partial charge >= 0.3 is 0 Å². The number of aryl methyl sites for hydroxylation is 1. The lowest BCUT2D eigenvalue weighted by Crippen LogP contribution is -2.04. The van der Waals surface area contributed by atoms with Gasteiger partial charge in [-0.2, -0.15) is 0 Å². The van der Waals surface area contributed by atoms with E-state index in [4.69, 9.17) is 0 Å². The van der Waals surface area contributed by atoms with Gasteiger partial charge in [-0.05, 0) is 25.1 Å². The molecule has 0 aliphatic carbocycles. The fourth-order valence-corrected chi connectivity index (χ4v) is 3.06. The molecule has 3 heterocycles. The van der Waals surface area contributed by atoms with Gasteiger partial charge in [0.1, 0.15) is 5.65 Å². The highest BCUT2D eigenvalue weighted by molar-refractivity contribution is 6.06. The smallest absolute Gasteiger partial charge is 0.192 e. The Balaban J connectivity index is 2.14. The van der Waals surface area contributed by atoms with E-state index in [2.05, 4.69) is 27.5 Å². The Bertz CT molecular complexity index is 1030. The average Bonchev–Trinajstić information content (AvgIpc) is 2.89. The van der Waals surface area contributed by atoms with Crippen LogP contribution in [0.4, 0.5) is 0 Å². The first kappa shape index (κ1) is 12.8. The van der Waals surface area contributed by atoms with Gasteiger partial charge in [0.15, 0.2) is 5.43 Å². The number of pyridine rings is 2. The van der Waals surface area contributed by atoms with Crippen molar-refractivity contribution in [2.75, 3.05) is 0 Å². The van der Waals surface area contributed by atoms with Crippen molar-refractivity contribution in [1.82, 2.24) is 14.5 Å². The number of para-hydroxylation sites is 1. The molecule has 0 aliphatic heterocycles. The Labute approximate surface area is 127 Å². The van der Waals surface area contributed by atoms with Gasteiger partial charge in [0.2, 0.25) is 0 Å². The zero-order valence-electron chi connectivity index (χ0n) is 12.2. The summed E-state index contributed by atoms with van der Waals surface area (Å²) in [5, 5.41) is 1.75. The van der Waals surface area contributed by atoms with Crippen molar-refractivity contribution >= 4 is 21.9 Å². The van der Waals surface area contributed by atoms with Gasteiger partial charge in [0.05, 0.1) is 16.6 Å². The van der Waals surface area contributed by atoms with Crippen LogP contribution in [0.25, 0.3) is 33.2 Å². The summed E-state index contributed by atoms with van der Waals surface area (Å²) in [6, 6.07) is 13.5. The second-order valence-electron chi connectivity index (χ2n) is 5.27. The fourth-order valence-electron chi connectivity index (χ4n) is 3.06. The van der Waals surface area contributed by atoms with Crippen molar-refractivity contribution in [3.05, 3.63) is 65.1 Å². The third-order valence-electron chi connectivity index (χ3n) is 4.03. The maximum Gasteiger partial charge on any atom is 0.192 e. The molecule has 0 saturated carbocycles. The number of aromatic amines is 1. The number of benzene rings is 1. The number of nitrogens with zero attached hydrogens (tertiary/aromatic N) is 2. The summed E-state index contributed by atoms with van der Waals surface area (Å²) in [6.07, 6.45) is 3.49. The summed E-state index contributed by atoms with van der Waals surface area (Å²) >= 11 is 0. The van der Waals surface area contributed by atoms with Gasteiger partial charge in [-0.25, -0.2) is 0 Å². The third-order valence-corrected chi connectivity index (χ3v) is 4.03. The molecule has 0 aliphatic rings. The van der Waals surface area contributed by atoms with Gasteiger partial charge < -0.3 is 9.55 Å². The van der Waals surface area contributed by atoms with Gasteiger partial charge in [-0.15, -0.1) is 0 Å². The standard InChI is InChI=1S/C18H15N3O/c1-2-21-15-8-4-3-7-13(15)17-16(22)10-14(20-18(17)21)12-6-5-9-19-11-12/h3-11H,2H2,1H3,(H,20,22). The Morgan fingerprint density at radius 3 is 2.82 bits per heavy atom. The van der Waals surface area contributed by atoms with Gasteiger partial charge in [0.25, 0.3) is 0 Å². The number of rotatable bonds is 2. The lowest BCUT2D eigenvalue weighted by molar-refractivity contribution is 0.816.